The second-order valence-corrected chi connectivity index (χ2v) is 7.18. The van der Waals surface area contributed by atoms with Crippen molar-refractivity contribution in [3.8, 4) is 0 Å². The summed E-state index contributed by atoms with van der Waals surface area (Å²) < 4.78 is 0. The van der Waals surface area contributed by atoms with Gasteiger partial charge in [-0.1, -0.05) is 6.42 Å². The number of carbonyl (C=O) groups is 2. The number of likely N-dealkylation sites (tertiary alicyclic amines) is 1. The van der Waals surface area contributed by atoms with Crippen LogP contribution in [0.2, 0.25) is 0 Å². The number of aliphatic carboxylic acids is 1. The van der Waals surface area contributed by atoms with Crippen LogP contribution in [0.15, 0.2) is 0 Å². The van der Waals surface area contributed by atoms with E-state index in [9.17, 15) is 14.7 Å². The number of amides is 2. The van der Waals surface area contributed by atoms with Crippen molar-refractivity contribution in [1.29, 1.82) is 0 Å². The Labute approximate surface area is 117 Å². The Balaban J connectivity index is 1.71. The Morgan fingerprint density at radius 2 is 1.84 bits per heavy atom. The molecule has 1 N–H and O–H groups in total. The molecule has 3 aliphatic rings. The highest BCUT2D eigenvalue weighted by Crippen LogP contribution is 2.39. The molecule has 0 aromatic heterocycles. The molecule has 0 bridgehead atoms. The van der Waals surface area contributed by atoms with Crippen LogP contribution in [0.25, 0.3) is 0 Å². The van der Waals surface area contributed by atoms with Crippen molar-refractivity contribution in [3.63, 3.8) is 0 Å². The van der Waals surface area contributed by atoms with E-state index in [0.717, 1.165) is 13.1 Å². The molecule has 0 spiro atoms. The van der Waals surface area contributed by atoms with E-state index in [2.05, 4.69) is 0 Å². The predicted octanol–water partition coefficient (Wildman–Crippen LogP) is 1.69. The third kappa shape index (κ3) is 2.20. The number of fused-ring (bicyclic) bond motifs is 1. The molecule has 6 heteroatoms. The summed E-state index contributed by atoms with van der Waals surface area (Å²) in [6.07, 6.45) is 3.73. The van der Waals surface area contributed by atoms with Crippen LogP contribution in [-0.2, 0) is 4.79 Å². The average molecular weight is 284 g/mol. The lowest BCUT2D eigenvalue weighted by atomic mass is 10.0. The maximum Gasteiger partial charge on any atom is 0.327 e. The standard InChI is InChI=1S/C13H20N2O3S/c1-8-15(11(7-19-8)12(16)17)13(18)14-5-9-3-2-4-10(9)6-14/h8-11H,2-7H2,1H3,(H,16,17). The summed E-state index contributed by atoms with van der Waals surface area (Å²) in [5.74, 6) is 0.920. The number of hydrogen-bond acceptors (Lipinski definition) is 3. The summed E-state index contributed by atoms with van der Waals surface area (Å²) >= 11 is 1.55. The minimum Gasteiger partial charge on any atom is -0.480 e. The zero-order chi connectivity index (χ0) is 13.6. The highest BCUT2D eigenvalue weighted by molar-refractivity contribution is 8.00. The van der Waals surface area contributed by atoms with Gasteiger partial charge < -0.3 is 10.0 Å². The third-order valence-corrected chi connectivity index (χ3v) is 5.94. The quantitative estimate of drug-likeness (QED) is 0.796. The molecule has 1 aliphatic carbocycles. The lowest BCUT2D eigenvalue weighted by molar-refractivity contribution is -0.141. The summed E-state index contributed by atoms with van der Waals surface area (Å²) in [4.78, 5) is 27.3. The number of thioether (sulfide) groups is 1. The smallest absolute Gasteiger partial charge is 0.327 e. The van der Waals surface area contributed by atoms with Gasteiger partial charge in [-0.2, -0.15) is 0 Å². The maximum atomic E-state index is 12.6. The summed E-state index contributed by atoms with van der Waals surface area (Å²) in [6.45, 7) is 3.57. The molecule has 0 radical (unpaired) electrons. The van der Waals surface area contributed by atoms with Gasteiger partial charge in [-0.3, -0.25) is 4.90 Å². The van der Waals surface area contributed by atoms with Crippen LogP contribution in [-0.4, -0.2) is 57.2 Å². The number of urea groups is 1. The Bertz CT molecular complexity index is 391. The second kappa shape index (κ2) is 4.89. The SMILES string of the molecule is CC1SCC(C(=O)O)N1C(=O)N1CC2CCCC2C1. The van der Waals surface area contributed by atoms with Gasteiger partial charge in [0.2, 0.25) is 0 Å². The summed E-state index contributed by atoms with van der Waals surface area (Å²) in [5.41, 5.74) is 0. The molecular weight excluding hydrogens is 264 g/mol. The molecule has 5 nitrogen and oxygen atoms in total. The van der Waals surface area contributed by atoms with Gasteiger partial charge in [-0.25, -0.2) is 9.59 Å². The third-order valence-electron chi connectivity index (χ3n) is 4.73. The fourth-order valence-corrected chi connectivity index (χ4v) is 4.84. The van der Waals surface area contributed by atoms with E-state index in [1.807, 2.05) is 11.8 Å². The molecule has 3 rings (SSSR count). The number of carboxylic acids is 1. The lowest BCUT2D eigenvalue weighted by Gasteiger charge is -2.30. The molecule has 19 heavy (non-hydrogen) atoms. The fraction of sp³-hybridized carbons (Fsp3) is 0.846. The van der Waals surface area contributed by atoms with Crippen LogP contribution in [0.5, 0.6) is 0 Å². The summed E-state index contributed by atoms with van der Waals surface area (Å²) in [7, 11) is 0. The molecule has 2 saturated heterocycles. The van der Waals surface area contributed by atoms with E-state index in [0.29, 0.717) is 17.6 Å². The van der Waals surface area contributed by atoms with E-state index in [1.165, 1.54) is 19.3 Å². The van der Waals surface area contributed by atoms with Gasteiger partial charge in [0, 0.05) is 18.8 Å². The molecule has 2 amide bonds. The first-order chi connectivity index (χ1) is 9.08. The average Bonchev–Trinajstić information content (AvgIpc) is 3.00. The number of nitrogens with zero attached hydrogens (tertiary/aromatic N) is 2. The van der Waals surface area contributed by atoms with E-state index >= 15 is 0 Å². The molecule has 3 fully saturated rings. The van der Waals surface area contributed by atoms with Gasteiger partial charge in [0.05, 0.1) is 5.37 Å². The van der Waals surface area contributed by atoms with Crippen molar-refractivity contribution >= 4 is 23.8 Å². The molecule has 2 heterocycles. The Morgan fingerprint density at radius 1 is 1.21 bits per heavy atom. The van der Waals surface area contributed by atoms with Crippen LogP contribution in [0, 0.1) is 11.8 Å². The highest BCUT2D eigenvalue weighted by Gasteiger charge is 2.45. The molecule has 4 atom stereocenters. The number of hydrogen-bond donors (Lipinski definition) is 1. The minimum atomic E-state index is -0.885. The van der Waals surface area contributed by atoms with Crippen molar-refractivity contribution in [2.45, 2.75) is 37.6 Å². The van der Waals surface area contributed by atoms with Crippen molar-refractivity contribution in [1.82, 2.24) is 9.80 Å². The number of carbonyl (C=O) groups excluding carboxylic acids is 1. The van der Waals surface area contributed by atoms with Crippen molar-refractivity contribution in [2.24, 2.45) is 11.8 Å². The van der Waals surface area contributed by atoms with Gasteiger partial charge in [-0.05, 0) is 31.6 Å². The van der Waals surface area contributed by atoms with Crippen LogP contribution in [0.3, 0.4) is 0 Å². The van der Waals surface area contributed by atoms with E-state index < -0.39 is 12.0 Å². The number of carboxylic acid groups (broad SMARTS) is 1. The van der Waals surface area contributed by atoms with Crippen LogP contribution < -0.4 is 0 Å². The predicted molar refractivity (Wildman–Crippen MR) is 73.0 cm³/mol. The van der Waals surface area contributed by atoms with Crippen LogP contribution >= 0.6 is 11.8 Å². The molecule has 2 aliphatic heterocycles. The van der Waals surface area contributed by atoms with Crippen LogP contribution in [0.4, 0.5) is 4.79 Å². The van der Waals surface area contributed by atoms with Gasteiger partial charge in [0.1, 0.15) is 6.04 Å². The van der Waals surface area contributed by atoms with Gasteiger partial charge in [0.15, 0.2) is 0 Å². The number of rotatable bonds is 1. The van der Waals surface area contributed by atoms with E-state index in [4.69, 9.17) is 0 Å². The largest absolute Gasteiger partial charge is 0.480 e. The zero-order valence-electron chi connectivity index (χ0n) is 11.1. The van der Waals surface area contributed by atoms with E-state index in [-0.39, 0.29) is 11.4 Å². The molecule has 0 aromatic carbocycles. The normalized spacial score (nSPS) is 37.7. The Hall–Kier alpha value is -0.910. The van der Waals surface area contributed by atoms with E-state index in [1.54, 1.807) is 16.7 Å². The van der Waals surface area contributed by atoms with Gasteiger partial charge in [-0.15, -0.1) is 11.8 Å². The van der Waals surface area contributed by atoms with Gasteiger partial charge >= 0.3 is 12.0 Å². The Kier molecular flexibility index (Phi) is 3.37. The molecular formula is C13H20N2O3S. The van der Waals surface area contributed by atoms with Crippen molar-refractivity contribution in [3.05, 3.63) is 0 Å². The first-order valence-electron chi connectivity index (χ1n) is 6.99. The molecule has 1 saturated carbocycles. The highest BCUT2D eigenvalue weighted by atomic mass is 32.2. The fourth-order valence-electron chi connectivity index (χ4n) is 3.68. The topological polar surface area (TPSA) is 60.9 Å². The van der Waals surface area contributed by atoms with Crippen molar-refractivity contribution in [2.75, 3.05) is 18.8 Å². The first-order valence-corrected chi connectivity index (χ1v) is 8.04. The molecule has 4 unspecified atom stereocenters. The Morgan fingerprint density at radius 3 is 2.42 bits per heavy atom. The summed E-state index contributed by atoms with van der Waals surface area (Å²) in [6, 6.07) is -0.729. The second-order valence-electron chi connectivity index (χ2n) is 5.83. The maximum absolute atomic E-state index is 12.6. The lowest BCUT2D eigenvalue weighted by Crippen LogP contribution is -2.50. The monoisotopic (exact) mass is 284 g/mol. The first kappa shape index (κ1) is 13.1. The minimum absolute atomic E-state index is 0.0333. The zero-order valence-corrected chi connectivity index (χ0v) is 11.9. The summed E-state index contributed by atoms with van der Waals surface area (Å²) in [5, 5.41) is 9.20. The molecule has 106 valence electrons. The molecule has 0 aromatic rings. The van der Waals surface area contributed by atoms with Crippen molar-refractivity contribution < 1.29 is 14.7 Å². The van der Waals surface area contributed by atoms with Gasteiger partial charge in [0.25, 0.3) is 0 Å². The van der Waals surface area contributed by atoms with Crippen LogP contribution in [0.1, 0.15) is 26.2 Å².